The van der Waals surface area contributed by atoms with Crippen LogP contribution in [0.2, 0.25) is 0 Å². The van der Waals surface area contributed by atoms with Crippen molar-refractivity contribution in [3.63, 3.8) is 0 Å². The molecule has 0 radical (unpaired) electrons. The van der Waals surface area contributed by atoms with Crippen LogP contribution in [0.15, 0.2) is 42.5 Å². The molecule has 0 saturated heterocycles. The second-order valence-electron chi connectivity index (χ2n) is 5.78. The molecular weight excluding hydrogens is 307 g/mol. The fraction of sp³-hybridized carbons (Fsp3) is 0.263. The molecule has 0 bridgehead atoms. The van der Waals surface area contributed by atoms with Crippen molar-refractivity contribution in [3.05, 3.63) is 70.5 Å². The standard InChI is InChI=1S/C19H17FN2O2/c1-22-18(23)8-9-19(15-3-5-16(20)6-4-15)17-7-2-13(11-21)10-14(17)12-24-19/h2-7,10H,8-9,12H2,1H3,(H,22,23). The van der Waals surface area contributed by atoms with Gasteiger partial charge in [-0.15, -0.1) is 0 Å². The van der Waals surface area contributed by atoms with Crippen molar-refractivity contribution < 1.29 is 13.9 Å². The minimum absolute atomic E-state index is 0.0813. The molecule has 1 amide bonds. The van der Waals surface area contributed by atoms with Crippen molar-refractivity contribution in [3.8, 4) is 6.07 Å². The van der Waals surface area contributed by atoms with Crippen molar-refractivity contribution >= 4 is 5.91 Å². The fourth-order valence-corrected chi connectivity index (χ4v) is 3.18. The van der Waals surface area contributed by atoms with Gasteiger partial charge in [-0.1, -0.05) is 18.2 Å². The molecule has 0 aliphatic carbocycles. The maximum atomic E-state index is 13.3. The summed E-state index contributed by atoms with van der Waals surface area (Å²) in [5, 5.41) is 11.7. The van der Waals surface area contributed by atoms with E-state index in [1.165, 1.54) is 12.1 Å². The van der Waals surface area contributed by atoms with Gasteiger partial charge in [-0.05, 0) is 47.4 Å². The number of carbonyl (C=O) groups is 1. The van der Waals surface area contributed by atoms with Crippen LogP contribution in [0.1, 0.15) is 35.1 Å². The minimum Gasteiger partial charge on any atom is -0.361 e. The number of hydrogen-bond donors (Lipinski definition) is 1. The summed E-state index contributed by atoms with van der Waals surface area (Å²) >= 11 is 0. The number of rotatable bonds is 4. The third kappa shape index (κ3) is 2.77. The number of nitriles is 1. The minimum atomic E-state index is -0.802. The van der Waals surface area contributed by atoms with Crippen molar-refractivity contribution in [1.29, 1.82) is 5.26 Å². The van der Waals surface area contributed by atoms with E-state index in [4.69, 9.17) is 10.00 Å². The van der Waals surface area contributed by atoms with E-state index in [0.29, 0.717) is 18.6 Å². The van der Waals surface area contributed by atoms with Crippen molar-refractivity contribution in [2.24, 2.45) is 0 Å². The monoisotopic (exact) mass is 324 g/mol. The zero-order valence-corrected chi connectivity index (χ0v) is 13.3. The van der Waals surface area contributed by atoms with Gasteiger partial charge in [0, 0.05) is 13.5 Å². The molecule has 0 aromatic heterocycles. The number of nitrogens with one attached hydrogen (secondary N) is 1. The number of hydrogen-bond acceptors (Lipinski definition) is 3. The van der Waals surface area contributed by atoms with Crippen LogP contribution in [-0.2, 0) is 21.7 Å². The lowest BCUT2D eigenvalue weighted by atomic mass is 9.81. The van der Waals surface area contributed by atoms with Gasteiger partial charge >= 0.3 is 0 Å². The smallest absolute Gasteiger partial charge is 0.219 e. The highest BCUT2D eigenvalue weighted by Gasteiger charge is 2.41. The molecule has 4 nitrogen and oxygen atoms in total. The molecule has 1 atom stereocenters. The first kappa shape index (κ1) is 16.2. The maximum Gasteiger partial charge on any atom is 0.219 e. The first-order valence-corrected chi connectivity index (χ1v) is 7.73. The Balaban J connectivity index is 2.07. The normalized spacial score (nSPS) is 18.7. The molecular formula is C19H17FN2O2. The van der Waals surface area contributed by atoms with Crippen molar-refractivity contribution in [2.45, 2.75) is 25.0 Å². The van der Waals surface area contributed by atoms with E-state index in [0.717, 1.165) is 16.7 Å². The van der Waals surface area contributed by atoms with Crippen LogP contribution in [-0.4, -0.2) is 13.0 Å². The van der Waals surface area contributed by atoms with Gasteiger partial charge in [-0.2, -0.15) is 5.26 Å². The molecule has 5 heteroatoms. The number of amides is 1. The number of benzene rings is 2. The van der Waals surface area contributed by atoms with Crippen LogP contribution in [0.3, 0.4) is 0 Å². The molecule has 1 aliphatic rings. The maximum absolute atomic E-state index is 13.3. The van der Waals surface area contributed by atoms with Crippen molar-refractivity contribution in [1.82, 2.24) is 5.32 Å². The Labute approximate surface area is 139 Å². The summed E-state index contributed by atoms with van der Waals surface area (Å²) in [5.41, 5.74) is 2.42. The van der Waals surface area contributed by atoms with Crippen LogP contribution < -0.4 is 5.32 Å². The molecule has 0 fully saturated rings. The SMILES string of the molecule is CNC(=O)CCC1(c2ccc(F)cc2)OCc2cc(C#N)ccc21. The summed E-state index contributed by atoms with van der Waals surface area (Å²) in [6.07, 6.45) is 0.727. The number of nitrogens with zero attached hydrogens (tertiary/aromatic N) is 1. The van der Waals surface area contributed by atoms with Crippen molar-refractivity contribution in [2.75, 3.05) is 7.05 Å². The molecule has 1 heterocycles. The summed E-state index contributed by atoms with van der Waals surface area (Å²) in [6, 6.07) is 13.7. The van der Waals surface area contributed by atoms with Crippen LogP contribution in [0, 0.1) is 17.1 Å². The number of carbonyl (C=O) groups excluding carboxylic acids is 1. The van der Waals surface area contributed by atoms with Gasteiger partial charge in [-0.25, -0.2) is 4.39 Å². The van der Waals surface area contributed by atoms with Gasteiger partial charge in [0.05, 0.1) is 18.2 Å². The highest BCUT2D eigenvalue weighted by atomic mass is 19.1. The van der Waals surface area contributed by atoms with Gasteiger partial charge in [0.25, 0.3) is 0 Å². The molecule has 1 unspecified atom stereocenters. The van der Waals surface area contributed by atoms with Crippen LogP contribution in [0.4, 0.5) is 4.39 Å². The Hall–Kier alpha value is -2.71. The first-order chi connectivity index (χ1) is 11.6. The molecule has 0 saturated carbocycles. The van der Waals surface area contributed by atoms with Crippen LogP contribution in [0.5, 0.6) is 0 Å². The summed E-state index contributed by atoms with van der Waals surface area (Å²) in [5.74, 6) is -0.402. The third-order valence-electron chi connectivity index (χ3n) is 4.44. The quantitative estimate of drug-likeness (QED) is 0.940. The predicted molar refractivity (Wildman–Crippen MR) is 86.4 cm³/mol. The van der Waals surface area contributed by atoms with Gasteiger partial charge in [0.2, 0.25) is 5.91 Å². The number of ether oxygens (including phenoxy) is 1. The Kier molecular flexibility index (Phi) is 4.32. The lowest BCUT2D eigenvalue weighted by Gasteiger charge is -2.30. The summed E-state index contributed by atoms with van der Waals surface area (Å²) in [4.78, 5) is 11.7. The zero-order chi connectivity index (χ0) is 17.2. The molecule has 122 valence electrons. The molecule has 24 heavy (non-hydrogen) atoms. The highest BCUT2D eigenvalue weighted by Crippen LogP contribution is 2.45. The predicted octanol–water partition coefficient (Wildman–Crippen LogP) is 3.00. The lowest BCUT2D eigenvalue weighted by Crippen LogP contribution is -2.30. The van der Waals surface area contributed by atoms with Crippen LogP contribution >= 0.6 is 0 Å². The Bertz CT molecular complexity index is 811. The molecule has 1 aliphatic heterocycles. The summed E-state index contributed by atoms with van der Waals surface area (Å²) in [7, 11) is 1.59. The van der Waals surface area contributed by atoms with E-state index in [1.807, 2.05) is 6.07 Å². The molecule has 2 aromatic rings. The molecule has 1 N–H and O–H groups in total. The molecule has 0 spiro atoms. The van der Waals surface area contributed by atoms with Gasteiger partial charge in [0.1, 0.15) is 11.4 Å². The molecule has 3 rings (SSSR count). The fourth-order valence-electron chi connectivity index (χ4n) is 3.18. The summed E-state index contributed by atoms with van der Waals surface area (Å²) < 4.78 is 19.4. The average molecular weight is 324 g/mol. The summed E-state index contributed by atoms with van der Waals surface area (Å²) in [6.45, 7) is 0.357. The van der Waals surface area contributed by atoms with E-state index in [-0.39, 0.29) is 18.1 Å². The van der Waals surface area contributed by atoms with E-state index in [9.17, 15) is 9.18 Å². The number of halogens is 1. The van der Waals surface area contributed by atoms with E-state index in [1.54, 1.807) is 31.3 Å². The largest absolute Gasteiger partial charge is 0.361 e. The van der Waals surface area contributed by atoms with Gasteiger partial charge in [-0.3, -0.25) is 4.79 Å². The van der Waals surface area contributed by atoms with E-state index < -0.39 is 5.60 Å². The Morgan fingerprint density at radius 1 is 1.33 bits per heavy atom. The van der Waals surface area contributed by atoms with Crippen LogP contribution in [0.25, 0.3) is 0 Å². The Morgan fingerprint density at radius 3 is 2.75 bits per heavy atom. The Morgan fingerprint density at radius 2 is 2.08 bits per heavy atom. The lowest BCUT2D eigenvalue weighted by molar-refractivity contribution is -0.122. The first-order valence-electron chi connectivity index (χ1n) is 7.73. The van der Waals surface area contributed by atoms with E-state index in [2.05, 4.69) is 11.4 Å². The average Bonchev–Trinajstić information content (AvgIpc) is 2.99. The third-order valence-corrected chi connectivity index (χ3v) is 4.44. The molecule has 2 aromatic carbocycles. The zero-order valence-electron chi connectivity index (χ0n) is 13.3. The second kappa shape index (κ2) is 6.42. The second-order valence-corrected chi connectivity index (χ2v) is 5.78. The van der Waals surface area contributed by atoms with Gasteiger partial charge < -0.3 is 10.1 Å². The topological polar surface area (TPSA) is 62.1 Å². The van der Waals surface area contributed by atoms with E-state index >= 15 is 0 Å². The number of fused-ring (bicyclic) bond motifs is 1. The highest BCUT2D eigenvalue weighted by molar-refractivity contribution is 5.75. The van der Waals surface area contributed by atoms with Gasteiger partial charge in [0.15, 0.2) is 0 Å².